The zero-order chi connectivity index (χ0) is 8.72. The molecule has 0 amide bonds. The maximum absolute atomic E-state index is 10.5. The molecule has 0 aliphatic heterocycles. The summed E-state index contributed by atoms with van der Waals surface area (Å²) in [5.74, 6) is -0.0996. The van der Waals surface area contributed by atoms with Gasteiger partial charge in [0.15, 0.2) is 0 Å². The van der Waals surface area contributed by atoms with E-state index in [9.17, 15) is 4.79 Å². The van der Waals surface area contributed by atoms with Crippen LogP contribution in [0.4, 0.5) is 0 Å². The Morgan fingerprint density at radius 3 is 2.75 bits per heavy atom. The Morgan fingerprint density at radius 1 is 1.67 bits per heavy atom. The summed E-state index contributed by atoms with van der Waals surface area (Å²) in [7, 11) is 0. The lowest BCUT2D eigenvalue weighted by molar-refractivity contribution is 0.0651. The Morgan fingerprint density at radius 2 is 2.33 bits per heavy atom. The van der Waals surface area contributed by atoms with Crippen LogP contribution in [0, 0.1) is 6.92 Å². The van der Waals surface area contributed by atoms with Gasteiger partial charge in [0.2, 0.25) is 0 Å². The molecule has 1 fully saturated rings. The van der Waals surface area contributed by atoms with Crippen molar-refractivity contribution in [2.45, 2.75) is 25.7 Å². The number of carbonyl (C=O) groups is 1. The molecule has 0 unspecified atom stereocenters. The highest BCUT2D eigenvalue weighted by Crippen LogP contribution is 2.41. The molecule has 1 aromatic heterocycles. The number of rotatable bonds is 2. The molecule has 4 nitrogen and oxygen atoms in total. The standard InChI is InChI=1S/C8H9NO3/c1-4-6(5-2-3-5)12-7(9-4)8(10)11/h5H,2-3H2,1H3,(H,10,11). The van der Waals surface area contributed by atoms with Crippen molar-refractivity contribution in [2.24, 2.45) is 0 Å². The van der Waals surface area contributed by atoms with Gasteiger partial charge in [0.25, 0.3) is 0 Å². The highest BCUT2D eigenvalue weighted by atomic mass is 16.4. The van der Waals surface area contributed by atoms with Gasteiger partial charge in [0.1, 0.15) is 5.76 Å². The summed E-state index contributed by atoms with van der Waals surface area (Å²) in [6, 6.07) is 0. The summed E-state index contributed by atoms with van der Waals surface area (Å²) in [6.07, 6.45) is 2.18. The molecule has 1 heterocycles. The lowest BCUT2D eigenvalue weighted by Crippen LogP contribution is -1.95. The first-order valence-corrected chi connectivity index (χ1v) is 3.89. The fraction of sp³-hybridized carbons (Fsp3) is 0.500. The molecule has 1 aliphatic carbocycles. The van der Waals surface area contributed by atoms with Gasteiger partial charge < -0.3 is 9.52 Å². The number of aromatic carboxylic acids is 1. The van der Waals surface area contributed by atoms with E-state index in [2.05, 4.69) is 4.98 Å². The average Bonchev–Trinajstić information content (AvgIpc) is 2.75. The third-order valence-corrected chi connectivity index (χ3v) is 1.96. The van der Waals surface area contributed by atoms with Crippen LogP contribution < -0.4 is 0 Å². The minimum Gasteiger partial charge on any atom is -0.474 e. The topological polar surface area (TPSA) is 63.3 Å². The first kappa shape index (κ1) is 7.34. The minimum atomic E-state index is -1.09. The molecule has 4 heteroatoms. The lowest BCUT2D eigenvalue weighted by atomic mass is 10.3. The van der Waals surface area contributed by atoms with Gasteiger partial charge in [0, 0.05) is 5.92 Å². The zero-order valence-electron chi connectivity index (χ0n) is 6.70. The molecule has 2 rings (SSSR count). The van der Waals surface area contributed by atoms with Crippen LogP contribution in [0.1, 0.15) is 40.9 Å². The molecule has 12 heavy (non-hydrogen) atoms. The Bertz CT molecular complexity index is 325. The summed E-state index contributed by atoms with van der Waals surface area (Å²) in [5.41, 5.74) is 0.718. The summed E-state index contributed by atoms with van der Waals surface area (Å²) in [4.78, 5) is 14.3. The van der Waals surface area contributed by atoms with E-state index in [4.69, 9.17) is 9.52 Å². The van der Waals surface area contributed by atoms with Crippen LogP contribution in [0.3, 0.4) is 0 Å². The smallest absolute Gasteiger partial charge is 0.392 e. The third-order valence-electron chi connectivity index (χ3n) is 1.96. The van der Waals surface area contributed by atoms with E-state index >= 15 is 0 Å². The maximum atomic E-state index is 10.5. The predicted octanol–water partition coefficient (Wildman–Crippen LogP) is 1.56. The van der Waals surface area contributed by atoms with Crippen molar-refractivity contribution in [1.82, 2.24) is 4.98 Å². The van der Waals surface area contributed by atoms with Gasteiger partial charge in [-0.25, -0.2) is 9.78 Å². The predicted molar refractivity (Wildman–Crippen MR) is 40.2 cm³/mol. The monoisotopic (exact) mass is 167 g/mol. The van der Waals surface area contributed by atoms with E-state index in [1.165, 1.54) is 0 Å². The van der Waals surface area contributed by atoms with Crippen LogP contribution in [-0.4, -0.2) is 16.1 Å². The van der Waals surface area contributed by atoms with Crippen LogP contribution in [0.15, 0.2) is 4.42 Å². The van der Waals surface area contributed by atoms with Crippen molar-refractivity contribution < 1.29 is 14.3 Å². The van der Waals surface area contributed by atoms with Crippen molar-refractivity contribution in [3.63, 3.8) is 0 Å². The van der Waals surface area contributed by atoms with Crippen molar-refractivity contribution in [3.8, 4) is 0 Å². The normalized spacial score (nSPS) is 16.4. The molecule has 0 aromatic carbocycles. The fourth-order valence-corrected chi connectivity index (χ4v) is 1.22. The van der Waals surface area contributed by atoms with E-state index in [-0.39, 0.29) is 5.89 Å². The molecule has 1 saturated carbocycles. The highest BCUT2D eigenvalue weighted by molar-refractivity contribution is 5.82. The molecule has 1 N–H and O–H groups in total. The van der Waals surface area contributed by atoms with Gasteiger partial charge in [-0.2, -0.15) is 0 Å². The molecule has 1 aromatic rings. The number of carboxylic acids is 1. The second-order valence-corrected chi connectivity index (χ2v) is 3.05. The summed E-state index contributed by atoms with van der Waals surface area (Å²) >= 11 is 0. The quantitative estimate of drug-likeness (QED) is 0.725. The molecular formula is C8H9NO3. The van der Waals surface area contributed by atoms with Crippen LogP contribution in [0.2, 0.25) is 0 Å². The highest BCUT2D eigenvalue weighted by Gasteiger charge is 2.30. The minimum absolute atomic E-state index is 0.186. The van der Waals surface area contributed by atoms with Gasteiger partial charge in [-0.1, -0.05) is 0 Å². The second kappa shape index (κ2) is 2.33. The van der Waals surface area contributed by atoms with Crippen LogP contribution in [0.5, 0.6) is 0 Å². The van der Waals surface area contributed by atoms with Crippen molar-refractivity contribution >= 4 is 5.97 Å². The second-order valence-electron chi connectivity index (χ2n) is 3.05. The number of hydrogen-bond donors (Lipinski definition) is 1. The Hall–Kier alpha value is -1.32. The average molecular weight is 167 g/mol. The van der Waals surface area contributed by atoms with Gasteiger partial charge >= 0.3 is 11.9 Å². The van der Waals surface area contributed by atoms with Gasteiger partial charge in [-0.15, -0.1) is 0 Å². The van der Waals surface area contributed by atoms with E-state index in [0.29, 0.717) is 5.92 Å². The number of aromatic nitrogens is 1. The Labute approximate surface area is 69.2 Å². The number of hydrogen-bond acceptors (Lipinski definition) is 3. The first-order chi connectivity index (χ1) is 5.68. The summed E-state index contributed by atoms with van der Waals surface area (Å²) in [6.45, 7) is 1.78. The summed E-state index contributed by atoms with van der Waals surface area (Å²) in [5, 5.41) is 8.57. The molecule has 0 spiro atoms. The third kappa shape index (κ3) is 1.09. The fourth-order valence-electron chi connectivity index (χ4n) is 1.22. The molecule has 1 aliphatic rings. The first-order valence-electron chi connectivity index (χ1n) is 3.89. The molecule has 0 saturated heterocycles. The molecule has 0 atom stereocenters. The molecule has 64 valence electrons. The van der Waals surface area contributed by atoms with Gasteiger partial charge in [-0.3, -0.25) is 0 Å². The Balaban J connectivity index is 2.36. The maximum Gasteiger partial charge on any atom is 0.392 e. The van der Waals surface area contributed by atoms with Crippen LogP contribution in [-0.2, 0) is 0 Å². The van der Waals surface area contributed by atoms with Crippen molar-refractivity contribution in [3.05, 3.63) is 17.3 Å². The lowest BCUT2D eigenvalue weighted by Gasteiger charge is -1.88. The molecule has 0 bridgehead atoms. The van der Waals surface area contributed by atoms with Crippen molar-refractivity contribution in [2.75, 3.05) is 0 Å². The van der Waals surface area contributed by atoms with Crippen LogP contribution >= 0.6 is 0 Å². The summed E-state index contributed by atoms with van der Waals surface area (Å²) < 4.78 is 5.09. The Kier molecular flexibility index (Phi) is 1.43. The number of carboxylic acid groups (broad SMARTS) is 1. The van der Waals surface area contributed by atoms with Crippen LogP contribution in [0.25, 0.3) is 0 Å². The van der Waals surface area contributed by atoms with Gasteiger partial charge in [-0.05, 0) is 19.8 Å². The largest absolute Gasteiger partial charge is 0.474 e. The van der Waals surface area contributed by atoms with Crippen molar-refractivity contribution in [1.29, 1.82) is 0 Å². The van der Waals surface area contributed by atoms with E-state index in [0.717, 1.165) is 24.3 Å². The van der Waals surface area contributed by atoms with E-state index in [1.54, 1.807) is 6.92 Å². The SMILES string of the molecule is Cc1nc(C(=O)O)oc1C1CC1. The van der Waals surface area contributed by atoms with Gasteiger partial charge in [0.05, 0.1) is 5.69 Å². The molecular weight excluding hydrogens is 158 g/mol. The number of oxazole rings is 1. The molecule has 0 radical (unpaired) electrons. The number of nitrogens with zero attached hydrogens (tertiary/aromatic N) is 1. The van der Waals surface area contributed by atoms with E-state index in [1.807, 2.05) is 0 Å². The number of aryl methyl sites for hydroxylation is 1. The van der Waals surface area contributed by atoms with E-state index < -0.39 is 5.97 Å². The zero-order valence-corrected chi connectivity index (χ0v) is 6.70.